The quantitative estimate of drug-likeness (QED) is 0.801. The molecule has 0 aliphatic carbocycles. The van der Waals surface area contributed by atoms with E-state index in [1.807, 2.05) is 0 Å². The van der Waals surface area contributed by atoms with E-state index in [1.165, 1.54) is 11.1 Å². The fourth-order valence-electron chi connectivity index (χ4n) is 2.58. The zero-order valence-corrected chi connectivity index (χ0v) is 10.8. The highest BCUT2D eigenvalue weighted by atomic mass is 16.5. The molecular weight excluding hydrogens is 212 g/mol. The first-order valence-electron chi connectivity index (χ1n) is 6.28. The summed E-state index contributed by atoms with van der Waals surface area (Å²) in [5.74, 6) is 0.591. The molecule has 1 saturated heterocycles. The third-order valence-corrected chi connectivity index (χ3v) is 3.36. The van der Waals surface area contributed by atoms with Crippen LogP contribution in [0.15, 0.2) is 18.2 Å². The number of Topliss-reactive ketones (excluding diaryl/α,β-unsaturated/α-hetero) is 1. The van der Waals surface area contributed by atoms with Gasteiger partial charge in [0.15, 0.2) is 5.78 Å². The average molecular weight is 232 g/mol. The first-order chi connectivity index (χ1) is 8.06. The van der Waals surface area contributed by atoms with E-state index in [0.717, 1.165) is 18.6 Å². The van der Waals surface area contributed by atoms with E-state index in [1.54, 1.807) is 0 Å². The van der Waals surface area contributed by atoms with Gasteiger partial charge in [0.25, 0.3) is 0 Å². The molecule has 0 spiro atoms. The van der Waals surface area contributed by atoms with Crippen molar-refractivity contribution in [1.29, 1.82) is 0 Å². The molecule has 0 amide bonds. The summed E-state index contributed by atoms with van der Waals surface area (Å²) in [7, 11) is 0. The van der Waals surface area contributed by atoms with Crippen LogP contribution in [0.5, 0.6) is 0 Å². The van der Waals surface area contributed by atoms with Gasteiger partial charge in [0.2, 0.25) is 0 Å². The Morgan fingerprint density at radius 3 is 2.47 bits per heavy atom. The number of benzene rings is 1. The van der Waals surface area contributed by atoms with Gasteiger partial charge in [-0.25, -0.2) is 0 Å². The van der Waals surface area contributed by atoms with E-state index in [2.05, 4.69) is 39.0 Å². The van der Waals surface area contributed by atoms with Crippen LogP contribution < -0.4 is 0 Å². The van der Waals surface area contributed by atoms with Crippen LogP contribution in [0.4, 0.5) is 0 Å². The molecule has 0 bridgehead atoms. The predicted octanol–water partition coefficient (Wildman–Crippen LogP) is 2.84. The Morgan fingerprint density at radius 2 is 1.94 bits per heavy atom. The van der Waals surface area contributed by atoms with Gasteiger partial charge in [-0.2, -0.15) is 0 Å². The molecule has 1 aromatic carbocycles. The standard InChI is InChI=1S/C15H20O2/c1-10-6-11(2)8-13(7-10)9-14(16)15-12(3)4-5-17-15/h6-8,12,15H,4-5,9H2,1-3H3. The number of rotatable bonds is 3. The van der Waals surface area contributed by atoms with Gasteiger partial charge in [-0.3, -0.25) is 4.79 Å². The monoisotopic (exact) mass is 232 g/mol. The summed E-state index contributed by atoms with van der Waals surface area (Å²) in [5.41, 5.74) is 3.54. The lowest BCUT2D eigenvalue weighted by atomic mass is 9.95. The molecule has 2 atom stereocenters. The highest BCUT2D eigenvalue weighted by Gasteiger charge is 2.30. The van der Waals surface area contributed by atoms with Gasteiger partial charge in [0, 0.05) is 13.0 Å². The van der Waals surface area contributed by atoms with Gasteiger partial charge in [-0.05, 0) is 31.7 Å². The molecule has 0 radical (unpaired) electrons. The molecule has 2 unspecified atom stereocenters. The number of ketones is 1. The highest BCUT2D eigenvalue weighted by Crippen LogP contribution is 2.22. The zero-order chi connectivity index (χ0) is 12.4. The summed E-state index contributed by atoms with van der Waals surface area (Å²) in [6.45, 7) is 6.95. The normalized spacial score (nSPS) is 23.9. The Kier molecular flexibility index (Phi) is 3.63. The molecule has 1 aliphatic heterocycles. The summed E-state index contributed by atoms with van der Waals surface area (Å²) >= 11 is 0. The topological polar surface area (TPSA) is 26.3 Å². The van der Waals surface area contributed by atoms with E-state index in [9.17, 15) is 4.79 Å². The number of ether oxygens (including phenoxy) is 1. The second-order valence-corrected chi connectivity index (χ2v) is 5.20. The van der Waals surface area contributed by atoms with E-state index < -0.39 is 0 Å². The first kappa shape index (κ1) is 12.3. The summed E-state index contributed by atoms with van der Waals surface area (Å²) in [5, 5.41) is 0. The van der Waals surface area contributed by atoms with Gasteiger partial charge in [-0.1, -0.05) is 36.2 Å². The lowest BCUT2D eigenvalue weighted by Gasteiger charge is -2.13. The maximum atomic E-state index is 12.1. The van der Waals surface area contributed by atoms with E-state index >= 15 is 0 Å². The molecule has 1 aromatic rings. The maximum Gasteiger partial charge on any atom is 0.166 e. The fraction of sp³-hybridized carbons (Fsp3) is 0.533. The molecular formula is C15H20O2. The molecule has 17 heavy (non-hydrogen) atoms. The van der Waals surface area contributed by atoms with E-state index in [0.29, 0.717) is 12.3 Å². The Morgan fingerprint density at radius 1 is 1.29 bits per heavy atom. The van der Waals surface area contributed by atoms with Crippen LogP contribution in [0.2, 0.25) is 0 Å². The van der Waals surface area contributed by atoms with Crippen molar-refractivity contribution in [3.63, 3.8) is 0 Å². The maximum absolute atomic E-state index is 12.1. The lowest BCUT2D eigenvalue weighted by molar-refractivity contribution is -0.128. The molecule has 0 N–H and O–H groups in total. The molecule has 1 aliphatic rings. The summed E-state index contributed by atoms with van der Waals surface area (Å²) in [6.07, 6.45) is 1.32. The summed E-state index contributed by atoms with van der Waals surface area (Å²) in [6, 6.07) is 6.30. The largest absolute Gasteiger partial charge is 0.370 e. The van der Waals surface area contributed by atoms with E-state index in [-0.39, 0.29) is 11.9 Å². The molecule has 1 fully saturated rings. The van der Waals surface area contributed by atoms with Gasteiger partial charge >= 0.3 is 0 Å². The van der Waals surface area contributed by atoms with Crippen LogP contribution in [-0.2, 0) is 16.0 Å². The smallest absolute Gasteiger partial charge is 0.166 e. The third-order valence-electron chi connectivity index (χ3n) is 3.36. The highest BCUT2D eigenvalue weighted by molar-refractivity contribution is 5.85. The van der Waals surface area contributed by atoms with Crippen LogP contribution >= 0.6 is 0 Å². The molecule has 92 valence electrons. The van der Waals surface area contributed by atoms with Crippen LogP contribution in [0, 0.1) is 19.8 Å². The van der Waals surface area contributed by atoms with Crippen molar-refractivity contribution in [3.05, 3.63) is 34.9 Å². The molecule has 2 rings (SSSR count). The molecule has 2 heteroatoms. The Bertz CT molecular complexity index is 403. The minimum absolute atomic E-state index is 0.184. The third kappa shape index (κ3) is 2.95. The van der Waals surface area contributed by atoms with Crippen molar-refractivity contribution in [2.75, 3.05) is 6.61 Å². The SMILES string of the molecule is Cc1cc(C)cc(CC(=O)C2OCCC2C)c1. The number of hydrogen-bond acceptors (Lipinski definition) is 2. The molecule has 0 saturated carbocycles. The number of hydrogen-bond donors (Lipinski definition) is 0. The minimum atomic E-state index is -0.184. The van der Waals surface area contributed by atoms with Crippen LogP contribution in [0.1, 0.15) is 30.0 Å². The van der Waals surface area contributed by atoms with Crippen molar-refractivity contribution < 1.29 is 9.53 Å². The second kappa shape index (κ2) is 5.01. The lowest BCUT2D eigenvalue weighted by Crippen LogP contribution is -2.26. The van der Waals surface area contributed by atoms with Crippen LogP contribution in [0.3, 0.4) is 0 Å². The average Bonchev–Trinajstić information content (AvgIpc) is 2.62. The van der Waals surface area contributed by atoms with Crippen molar-refractivity contribution >= 4 is 5.78 Å². The van der Waals surface area contributed by atoms with Crippen LogP contribution in [-0.4, -0.2) is 18.5 Å². The van der Waals surface area contributed by atoms with Gasteiger partial charge in [-0.15, -0.1) is 0 Å². The molecule has 2 nitrogen and oxygen atoms in total. The number of carbonyl (C=O) groups excluding carboxylic acids is 1. The first-order valence-corrected chi connectivity index (χ1v) is 6.28. The summed E-state index contributed by atoms with van der Waals surface area (Å²) < 4.78 is 5.51. The van der Waals surface area contributed by atoms with E-state index in [4.69, 9.17) is 4.74 Å². The van der Waals surface area contributed by atoms with Gasteiger partial charge in [0.1, 0.15) is 6.10 Å². The molecule has 0 aromatic heterocycles. The second-order valence-electron chi connectivity index (χ2n) is 5.20. The minimum Gasteiger partial charge on any atom is -0.370 e. The Labute approximate surface area is 103 Å². The Hall–Kier alpha value is -1.15. The van der Waals surface area contributed by atoms with Crippen molar-refractivity contribution in [2.45, 2.75) is 39.7 Å². The van der Waals surface area contributed by atoms with Crippen molar-refractivity contribution in [1.82, 2.24) is 0 Å². The Balaban J connectivity index is 2.07. The van der Waals surface area contributed by atoms with Crippen molar-refractivity contribution in [3.8, 4) is 0 Å². The van der Waals surface area contributed by atoms with Gasteiger partial charge in [0.05, 0.1) is 0 Å². The van der Waals surface area contributed by atoms with Gasteiger partial charge < -0.3 is 4.74 Å². The number of carbonyl (C=O) groups is 1. The summed E-state index contributed by atoms with van der Waals surface area (Å²) in [4.78, 5) is 12.1. The fourth-order valence-corrected chi connectivity index (χ4v) is 2.58. The molecule has 1 heterocycles. The van der Waals surface area contributed by atoms with Crippen LogP contribution in [0.25, 0.3) is 0 Å². The number of aryl methyl sites for hydroxylation is 2. The van der Waals surface area contributed by atoms with Crippen molar-refractivity contribution in [2.24, 2.45) is 5.92 Å². The predicted molar refractivity (Wildman–Crippen MR) is 68.1 cm³/mol. The zero-order valence-electron chi connectivity index (χ0n) is 10.8.